The van der Waals surface area contributed by atoms with Gasteiger partial charge in [0.05, 0.1) is 7.11 Å². The molecule has 2 aliphatic carbocycles. The number of nitrogens with zero attached hydrogens (tertiary/aromatic N) is 1. The minimum absolute atomic E-state index is 0.122. The zero-order valence-electron chi connectivity index (χ0n) is 14.2. The van der Waals surface area contributed by atoms with Crippen LogP contribution < -0.4 is 5.32 Å². The summed E-state index contributed by atoms with van der Waals surface area (Å²) in [7, 11) is 1.49. The van der Waals surface area contributed by atoms with Crippen LogP contribution in [0.2, 0.25) is 0 Å². The van der Waals surface area contributed by atoms with E-state index >= 15 is 0 Å². The summed E-state index contributed by atoms with van der Waals surface area (Å²) < 4.78 is 5.06. The molecule has 4 nitrogen and oxygen atoms in total. The van der Waals surface area contributed by atoms with Gasteiger partial charge in [0.15, 0.2) is 0 Å². The molecule has 0 aromatic carbocycles. The van der Waals surface area contributed by atoms with Gasteiger partial charge in [-0.15, -0.1) is 0 Å². The average molecular weight is 296 g/mol. The molecule has 0 bridgehead atoms. The first-order chi connectivity index (χ1) is 10.00. The second-order valence-corrected chi connectivity index (χ2v) is 7.06. The Morgan fingerprint density at radius 1 is 1.33 bits per heavy atom. The Labute approximate surface area is 129 Å². The van der Waals surface area contributed by atoms with Crippen molar-refractivity contribution < 1.29 is 9.53 Å². The van der Waals surface area contributed by atoms with Crippen LogP contribution in [0.3, 0.4) is 0 Å². The van der Waals surface area contributed by atoms with Crippen molar-refractivity contribution in [2.24, 2.45) is 0 Å². The second kappa shape index (κ2) is 7.10. The maximum atomic E-state index is 12.3. The Hall–Kier alpha value is -0.610. The van der Waals surface area contributed by atoms with Crippen molar-refractivity contribution in [1.29, 1.82) is 0 Å². The molecule has 0 aromatic rings. The van der Waals surface area contributed by atoms with Crippen molar-refractivity contribution in [2.45, 2.75) is 89.4 Å². The number of nitrogens with one attached hydrogen (secondary N) is 1. The molecule has 21 heavy (non-hydrogen) atoms. The number of carbonyl (C=O) groups is 1. The van der Waals surface area contributed by atoms with Gasteiger partial charge in [0.25, 0.3) is 0 Å². The fourth-order valence-electron chi connectivity index (χ4n) is 3.98. The summed E-state index contributed by atoms with van der Waals surface area (Å²) >= 11 is 0. The van der Waals surface area contributed by atoms with E-state index in [9.17, 15) is 4.79 Å². The molecule has 0 radical (unpaired) electrons. The summed E-state index contributed by atoms with van der Waals surface area (Å²) in [6.07, 6.45) is 8.50. The van der Waals surface area contributed by atoms with Gasteiger partial charge < -0.3 is 4.74 Å². The molecule has 0 aliphatic heterocycles. The standard InChI is InChI=1S/C17H32N2O2/c1-5-19(15-8-6-7-9-15)13(2)12-17(3,16(20)21-4)18-14-10-11-14/h13-15,18H,5-12H2,1-4H3. The van der Waals surface area contributed by atoms with Crippen LogP contribution in [0, 0.1) is 0 Å². The van der Waals surface area contributed by atoms with E-state index in [1.807, 2.05) is 6.92 Å². The molecule has 1 N–H and O–H groups in total. The van der Waals surface area contributed by atoms with E-state index in [0.717, 1.165) is 13.0 Å². The van der Waals surface area contributed by atoms with Crippen molar-refractivity contribution in [2.75, 3.05) is 13.7 Å². The normalized spacial score (nSPS) is 24.0. The van der Waals surface area contributed by atoms with Gasteiger partial charge in [-0.25, -0.2) is 0 Å². The fraction of sp³-hybridized carbons (Fsp3) is 0.941. The van der Waals surface area contributed by atoms with E-state index in [0.29, 0.717) is 18.1 Å². The lowest BCUT2D eigenvalue weighted by molar-refractivity contribution is -0.149. The van der Waals surface area contributed by atoms with Crippen molar-refractivity contribution in [3.05, 3.63) is 0 Å². The van der Waals surface area contributed by atoms with Gasteiger partial charge in [-0.1, -0.05) is 19.8 Å². The molecular formula is C17H32N2O2. The van der Waals surface area contributed by atoms with Crippen molar-refractivity contribution in [3.8, 4) is 0 Å². The minimum Gasteiger partial charge on any atom is -0.468 e. The van der Waals surface area contributed by atoms with Gasteiger partial charge in [-0.3, -0.25) is 15.0 Å². The number of methoxy groups -OCH3 is 1. The number of ether oxygens (including phenoxy) is 1. The van der Waals surface area contributed by atoms with Gasteiger partial charge in [-0.2, -0.15) is 0 Å². The number of rotatable bonds is 8. The first-order valence-electron chi connectivity index (χ1n) is 8.62. The highest BCUT2D eigenvalue weighted by Crippen LogP contribution is 2.30. The minimum atomic E-state index is -0.554. The summed E-state index contributed by atoms with van der Waals surface area (Å²) in [5.74, 6) is -0.122. The lowest BCUT2D eigenvalue weighted by Gasteiger charge is -2.38. The van der Waals surface area contributed by atoms with Gasteiger partial charge in [0, 0.05) is 18.1 Å². The van der Waals surface area contributed by atoms with Crippen molar-refractivity contribution >= 4 is 5.97 Å². The lowest BCUT2D eigenvalue weighted by atomic mass is 9.91. The molecule has 2 rings (SSSR count). The topological polar surface area (TPSA) is 41.6 Å². The first kappa shape index (κ1) is 16.8. The summed E-state index contributed by atoms with van der Waals surface area (Å²) in [4.78, 5) is 14.8. The van der Waals surface area contributed by atoms with Crippen LogP contribution in [-0.4, -0.2) is 48.2 Å². The number of hydrogen-bond donors (Lipinski definition) is 1. The highest BCUT2D eigenvalue weighted by atomic mass is 16.5. The highest BCUT2D eigenvalue weighted by Gasteiger charge is 2.41. The van der Waals surface area contributed by atoms with Crippen LogP contribution in [0.25, 0.3) is 0 Å². The fourth-order valence-corrected chi connectivity index (χ4v) is 3.98. The number of hydrogen-bond acceptors (Lipinski definition) is 4. The Bertz CT molecular complexity index is 351. The quantitative estimate of drug-likeness (QED) is 0.699. The van der Waals surface area contributed by atoms with Crippen LogP contribution in [-0.2, 0) is 9.53 Å². The van der Waals surface area contributed by atoms with E-state index in [1.165, 1.54) is 45.6 Å². The van der Waals surface area contributed by atoms with Gasteiger partial charge in [0.1, 0.15) is 5.54 Å². The summed E-state index contributed by atoms with van der Waals surface area (Å²) in [6, 6.07) is 1.60. The molecule has 2 atom stereocenters. The summed E-state index contributed by atoms with van der Waals surface area (Å²) in [5.41, 5.74) is -0.554. The van der Waals surface area contributed by atoms with Gasteiger partial charge >= 0.3 is 5.97 Å². The number of esters is 1. The van der Waals surface area contributed by atoms with Crippen LogP contribution in [0.5, 0.6) is 0 Å². The largest absolute Gasteiger partial charge is 0.468 e. The van der Waals surface area contributed by atoms with E-state index in [4.69, 9.17) is 4.74 Å². The molecule has 0 spiro atoms. The Kier molecular flexibility index (Phi) is 5.67. The SMILES string of the molecule is CCN(C(C)CC(C)(NC1CC1)C(=O)OC)C1CCCC1. The number of carbonyl (C=O) groups excluding carboxylic acids is 1. The summed E-state index contributed by atoms with van der Waals surface area (Å²) in [5, 5.41) is 3.52. The maximum absolute atomic E-state index is 12.3. The Balaban J connectivity index is 2.01. The summed E-state index contributed by atoms with van der Waals surface area (Å²) in [6.45, 7) is 7.57. The predicted octanol–water partition coefficient (Wildman–Crippen LogP) is 2.71. The monoisotopic (exact) mass is 296 g/mol. The first-order valence-corrected chi connectivity index (χ1v) is 8.62. The molecule has 2 fully saturated rings. The Morgan fingerprint density at radius 2 is 1.95 bits per heavy atom. The third-order valence-electron chi connectivity index (χ3n) is 5.16. The zero-order chi connectivity index (χ0) is 15.5. The maximum Gasteiger partial charge on any atom is 0.325 e. The third-order valence-corrected chi connectivity index (χ3v) is 5.16. The van der Waals surface area contributed by atoms with E-state index in [2.05, 4.69) is 24.1 Å². The Morgan fingerprint density at radius 3 is 2.43 bits per heavy atom. The van der Waals surface area contributed by atoms with Crippen molar-refractivity contribution in [1.82, 2.24) is 10.2 Å². The zero-order valence-corrected chi connectivity index (χ0v) is 14.2. The van der Waals surface area contributed by atoms with Gasteiger partial charge in [0.2, 0.25) is 0 Å². The van der Waals surface area contributed by atoms with E-state index in [-0.39, 0.29) is 5.97 Å². The third kappa shape index (κ3) is 4.19. The highest BCUT2D eigenvalue weighted by molar-refractivity contribution is 5.80. The molecule has 4 heteroatoms. The van der Waals surface area contributed by atoms with E-state index in [1.54, 1.807) is 0 Å². The second-order valence-electron chi connectivity index (χ2n) is 7.06. The molecule has 0 saturated heterocycles. The smallest absolute Gasteiger partial charge is 0.325 e. The molecule has 0 amide bonds. The molecule has 0 heterocycles. The van der Waals surface area contributed by atoms with Crippen LogP contribution in [0.15, 0.2) is 0 Å². The molecular weight excluding hydrogens is 264 g/mol. The van der Waals surface area contributed by atoms with Crippen molar-refractivity contribution in [3.63, 3.8) is 0 Å². The van der Waals surface area contributed by atoms with Crippen LogP contribution in [0.4, 0.5) is 0 Å². The average Bonchev–Trinajstić information content (AvgIpc) is 3.09. The molecule has 122 valence electrons. The predicted molar refractivity (Wildman–Crippen MR) is 85.3 cm³/mol. The molecule has 2 saturated carbocycles. The molecule has 0 aromatic heterocycles. The molecule has 2 unspecified atom stereocenters. The lowest BCUT2D eigenvalue weighted by Crippen LogP contribution is -2.55. The van der Waals surface area contributed by atoms with Crippen LogP contribution in [0.1, 0.15) is 65.7 Å². The van der Waals surface area contributed by atoms with Crippen LogP contribution >= 0.6 is 0 Å². The van der Waals surface area contributed by atoms with E-state index < -0.39 is 5.54 Å². The molecule has 2 aliphatic rings. The van der Waals surface area contributed by atoms with Gasteiger partial charge in [-0.05, 0) is 52.5 Å².